The van der Waals surface area contributed by atoms with E-state index in [0.717, 1.165) is 0 Å². The normalized spacial score (nSPS) is 13.3. The molecular formula is C18H21Cl3N2O4S2. The van der Waals surface area contributed by atoms with Crippen LogP contribution in [0, 0.1) is 0 Å². The highest BCUT2D eigenvalue weighted by molar-refractivity contribution is 7.93. The molecule has 2 rings (SSSR count). The molecule has 0 heterocycles. The lowest BCUT2D eigenvalue weighted by Crippen LogP contribution is -2.39. The fourth-order valence-corrected chi connectivity index (χ4v) is 5.76. The van der Waals surface area contributed by atoms with Crippen LogP contribution in [0.4, 0.5) is 5.69 Å². The molecule has 29 heavy (non-hydrogen) atoms. The number of anilines is 1. The SMILES string of the molecule is CNS(=O)(=O)CCCC(C)N(c1cc(Cl)ccc1Cl)S(=O)(=O)c1ccc(Cl)cc1. The van der Waals surface area contributed by atoms with Gasteiger partial charge >= 0.3 is 0 Å². The average Bonchev–Trinajstić information content (AvgIpc) is 2.65. The lowest BCUT2D eigenvalue weighted by molar-refractivity contribution is 0.563. The molecule has 0 saturated heterocycles. The average molecular weight is 500 g/mol. The second-order valence-electron chi connectivity index (χ2n) is 6.36. The Morgan fingerprint density at radius 3 is 2.14 bits per heavy atom. The van der Waals surface area contributed by atoms with Crippen molar-refractivity contribution in [1.82, 2.24) is 4.72 Å². The molecule has 160 valence electrons. The van der Waals surface area contributed by atoms with Crippen molar-refractivity contribution >= 4 is 60.5 Å². The van der Waals surface area contributed by atoms with Crippen molar-refractivity contribution < 1.29 is 16.8 Å². The molecule has 1 unspecified atom stereocenters. The van der Waals surface area contributed by atoms with E-state index in [1.807, 2.05) is 0 Å². The third-order valence-electron chi connectivity index (χ3n) is 4.26. The van der Waals surface area contributed by atoms with E-state index in [9.17, 15) is 16.8 Å². The monoisotopic (exact) mass is 498 g/mol. The van der Waals surface area contributed by atoms with Gasteiger partial charge in [-0.2, -0.15) is 0 Å². The van der Waals surface area contributed by atoms with Crippen LogP contribution in [0.2, 0.25) is 15.1 Å². The fraction of sp³-hybridized carbons (Fsp3) is 0.333. The van der Waals surface area contributed by atoms with Crippen LogP contribution in [-0.4, -0.2) is 35.7 Å². The Morgan fingerprint density at radius 1 is 0.966 bits per heavy atom. The Hall–Kier alpha value is -1.03. The predicted octanol–water partition coefficient (Wildman–Crippen LogP) is 4.56. The number of nitrogens with one attached hydrogen (secondary N) is 1. The minimum Gasteiger partial charge on any atom is -0.262 e. The molecule has 1 atom stereocenters. The van der Waals surface area contributed by atoms with Gasteiger partial charge in [-0.15, -0.1) is 0 Å². The smallest absolute Gasteiger partial charge is 0.262 e. The molecule has 0 fully saturated rings. The molecule has 0 aromatic heterocycles. The van der Waals surface area contributed by atoms with Crippen LogP contribution in [0.5, 0.6) is 0 Å². The molecule has 0 spiro atoms. The summed E-state index contributed by atoms with van der Waals surface area (Å²) in [5, 5.41) is 0.939. The van der Waals surface area contributed by atoms with Gasteiger partial charge in [-0.1, -0.05) is 34.8 Å². The number of nitrogens with zero attached hydrogens (tertiary/aromatic N) is 1. The van der Waals surface area contributed by atoms with Gasteiger partial charge < -0.3 is 0 Å². The number of hydrogen-bond acceptors (Lipinski definition) is 4. The lowest BCUT2D eigenvalue weighted by atomic mass is 10.2. The molecule has 0 aliphatic heterocycles. The number of rotatable bonds is 9. The minimum absolute atomic E-state index is 0.0349. The van der Waals surface area contributed by atoms with Gasteiger partial charge in [0.05, 0.1) is 21.4 Å². The van der Waals surface area contributed by atoms with Crippen molar-refractivity contribution in [2.75, 3.05) is 17.1 Å². The van der Waals surface area contributed by atoms with Crippen molar-refractivity contribution in [2.24, 2.45) is 0 Å². The van der Waals surface area contributed by atoms with E-state index in [0.29, 0.717) is 10.0 Å². The highest BCUT2D eigenvalue weighted by Crippen LogP contribution is 2.35. The Bertz CT molecular complexity index is 1060. The quantitative estimate of drug-likeness (QED) is 0.548. The molecule has 1 N–H and O–H groups in total. The van der Waals surface area contributed by atoms with Gasteiger partial charge in [0.2, 0.25) is 10.0 Å². The van der Waals surface area contributed by atoms with Crippen LogP contribution in [0.1, 0.15) is 19.8 Å². The first-order valence-corrected chi connectivity index (χ1v) is 12.9. The molecule has 0 aliphatic carbocycles. The van der Waals surface area contributed by atoms with Crippen LogP contribution in [-0.2, 0) is 20.0 Å². The Labute approximate surface area is 186 Å². The van der Waals surface area contributed by atoms with Crippen LogP contribution < -0.4 is 9.03 Å². The second-order valence-corrected chi connectivity index (χ2v) is 11.5. The van der Waals surface area contributed by atoms with Crippen molar-refractivity contribution in [3.63, 3.8) is 0 Å². The molecule has 0 radical (unpaired) electrons. The molecular weight excluding hydrogens is 479 g/mol. The maximum atomic E-state index is 13.4. The highest BCUT2D eigenvalue weighted by Gasteiger charge is 2.31. The molecule has 6 nitrogen and oxygen atoms in total. The molecule has 2 aromatic carbocycles. The standard InChI is InChI=1S/C18H21Cl3N2O4S2/c1-13(4-3-11-28(24,25)22-2)23(18-12-15(20)7-10-17(18)21)29(26,27)16-8-5-14(19)6-9-16/h5-10,12-13,22H,3-4,11H2,1-2H3. The third-order valence-corrected chi connectivity index (χ3v) is 8.46. The zero-order valence-corrected chi connectivity index (χ0v) is 19.7. The number of halogens is 3. The Morgan fingerprint density at radius 2 is 1.55 bits per heavy atom. The maximum absolute atomic E-state index is 13.4. The molecule has 0 saturated carbocycles. The van der Waals surface area contributed by atoms with Gasteiger partial charge in [-0.3, -0.25) is 4.31 Å². The van der Waals surface area contributed by atoms with Crippen molar-refractivity contribution in [1.29, 1.82) is 0 Å². The molecule has 0 bridgehead atoms. The van der Waals surface area contributed by atoms with E-state index in [4.69, 9.17) is 34.8 Å². The van der Waals surface area contributed by atoms with E-state index in [2.05, 4.69) is 4.72 Å². The molecule has 0 aliphatic rings. The van der Waals surface area contributed by atoms with Gasteiger partial charge in [0.25, 0.3) is 10.0 Å². The summed E-state index contributed by atoms with van der Waals surface area (Å²) in [7, 11) is -6.07. The van der Waals surface area contributed by atoms with Crippen molar-refractivity contribution in [2.45, 2.75) is 30.7 Å². The fourth-order valence-electron chi connectivity index (χ4n) is 2.77. The van der Waals surface area contributed by atoms with Crippen LogP contribution in [0.25, 0.3) is 0 Å². The van der Waals surface area contributed by atoms with Crippen LogP contribution in [0.15, 0.2) is 47.4 Å². The van der Waals surface area contributed by atoms with Crippen molar-refractivity contribution in [3.8, 4) is 0 Å². The van der Waals surface area contributed by atoms with Gasteiger partial charge in [0.1, 0.15) is 0 Å². The Kier molecular flexibility index (Phi) is 8.23. The first kappa shape index (κ1) is 24.2. The molecule has 2 aromatic rings. The topological polar surface area (TPSA) is 83.6 Å². The highest BCUT2D eigenvalue weighted by atomic mass is 35.5. The summed E-state index contributed by atoms with van der Waals surface area (Å²) in [6.45, 7) is 1.69. The van der Waals surface area contributed by atoms with E-state index >= 15 is 0 Å². The zero-order valence-electron chi connectivity index (χ0n) is 15.8. The van der Waals surface area contributed by atoms with Crippen LogP contribution in [0.3, 0.4) is 0 Å². The first-order valence-electron chi connectivity index (χ1n) is 8.64. The molecule has 11 heteroatoms. The summed E-state index contributed by atoms with van der Waals surface area (Å²) >= 11 is 18.3. The zero-order chi connectivity index (χ0) is 21.8. The summed E-state index contributed by atoms with van der Waals surface area (Å²) in [5.41, 5.74) is 0.220. The third kappa shape index (κ3) is 6.23. The van der Waals surface area contributed by atoms with Gasteiger partial charge in [0.15, 0.2) is 0 Å². The van der Waals surface area contributed by atoms with Gasteiger partial charge in [-0.25, -0.2) is 21.6 Å². The second kappa shape index (κ2) is 9.85. The van der Waals surface area contributed by atoms with E-state index in [1.165, 1.54) is 47.8 Å². The summed E-state index contributed by atoms with van der Waals surface area (Å²) < 4.78 is 53.6. The van der Waals surface area contributed by atoms with E-state index in [1.54, 1.807) is 13.0 Å². The van der Waals surface area contributed by atoms with Gasteiger partial charge in [-0.05, 0) is 69.3 Å². The number of hydrogen-bond donors (Lipinski definition) is 1. The molecule has 0 amide bonds. The van der Waals surface area contributed by atoms with Gasteiger partial charge in [0, 0.05) is 16.1 Å². The van der Waals surface area contributed by atoms with Crippen molar-refractivity contribution in [3.05, 3.63) is 57.5 Å². The summed E-state index contributed by atoms with van der Waals surface area (Å²) in [6, 6.07) is 9.73. The number of sulfonamides is 2. The van der Waals surface area contributed by atoms with E-state index < -0.39 is 26.1 Å². The maximum Gasteiger partial charge on any atom is 0.264 e. The summed E-state index contributed by atoms with van der Waals surface area (Å²) in [6.07, 6.45) is 0.547. The largest absolute Gasteiger partial charge is 0.264 e. The predicted molar refractivity (Wildman–Crippen MR) is 119 cm³/mol. The van der Waals surface area contributed by atoms with E-state index in [-0.39, 0.29) is 34.2 Å². The summed E-state index contributed by atoms with van der Waals surface area (Å²) in [4.78, 5) is 0.0349. The Balaban J connectivity index is 2.46. The first-order chi connectivity index (χ1) is 13.5. The minimum atomic E-state index is -4.01. The summed E-state index contributed by atoms with van der Waals surface area (Å²) in [5.74, 6) is -0.119. The van der Waals surface area contributed by atoms with Crippen LogP contribution >= 0.6 is 34.8 Å². The number of benzene rings is 2. The lowest BCUT2D eigenvalue weighted by Gasteiger charge is -2.31.